The van der Waals surface area contributed by atoms with Gasteiger partial charge in [0.15, 0.2) is 17.6 Å². The lowest BCUT2D eigenvalue weighted by Crippen LogP contribution is -2.39. The van der Waals surface area contributed by atoms with Crippen LogP contribution < -0.4 is 14.8 Å². The molecule has 0 fully saturated rings. The second kappa shape index (κ2) is 8.12. The van der Waals surface area contributed by atoms with E-state index in [1.807, 2.05) is 43.3 Å². The van der Waals surface area contributed by atoms with Crippen LogP contribution in [0.25, 0.3) is 16.9 Å². The van der Waals surface area contributed by atoms with E-state index in [2.05, 4.69) is 20.4 Å². The molecule has 1 aliphatic heterocycles. The summed E-state index contributed by atoms with van der Waals surface area (Å²) in [6.45, 7) is 1.84. The van der Waals surface area contributed by atoms with Crippen LogP contribution in [0.2, 0.25) is 5.02 Å². The third kappa shape index (κ3) is 3.85. The molecule has 2 aromatic heterocycles. The minimum atomic E-state index is -0.605. The van der Waals surface area contributed by atoms with Crippen molar-refractivity contribution in [2.75, 3.05) is 7.11 Å². The summed E-state index contributed by atoms with van der Waals surface area (Å²) in [6.07, 6.45) is 1.48. The molecule has 32 heavy (non-hydrogen) atoms. The van der Waals surface area contributed by atoms with Crippen LogP contribution in [0.5, 0.6) is 11.5 Å². The standard InChI is InChI=1S/C23H20ClN5O3/c1-13(26-23(30)20-10-15-9-16(24)5-8-19(15)32-20)22-27-21-11-18(25-12-29(21)28-22)14-3-6-17(31-2)7-4-14/h3-9,11-13,20H,10H2,1-2H3,(H,26,30)/t13-,20?/m0/s1. The van der Waals surface area contributed by atoms with Crippen molar-refractivity contribution in [2.24, 2.45) is 0 Å². The van der Waals surface area contributed by atoms with E-state index in [-0.39, 0.29) is 5.91 Å². The van der Waals surface area contributed by atoms with Gasteiger partial charge in [-0.15, -0.1) is 5.10 Å². The van der Waals surface area contributed by atoms with Crippen molar-refractivity contribution in [3.05, 3.63) is 71.3 Å². The second-order valence-corrected chi connectivity index (χ2v) is 8.00. The molecule has 0 saturated heterocycles. The molecule has 162 valence electrons. The van der Waals surface area contributed by atoms with Crippen molar-refractivity contribution >= 4 is 23.2 Å². The fourth-order valence-corrected chi connectivity index (χ4v) is 3.84. The Kier molecular flexibility index (Phi) is 5.14. The number of ether oxygens (including phenoxy) is 2. The number of halogens is 1. The summed E-state index contributed by atoms with van der Waals surface area (Å²) in [6, 6.07) is 14.4. The van der Waals surface area contributed by atoms with Crippen molar-refractivity contribution in [3.63, 3.8) is 0 Å². The fourth-order valence-electron chi connectivity index (χ4n) is 3.65. The number of carbonyl (C=O) groups is 1. The highest BCUT2D eigenvalue weighted by Gasteiger charge is 2.30. The molecule has 0 bridgehead atoms. The van der Waals surface area contributed by atoms with E-state index in [0.29, 0.717) is 28.7 Å². The maximum Gasteiger partial charge on any atom is 0.262 e. The van der Waals surface area contributed by atoms with Crippen LogP contribution in [0.15, 0.2) is 54.9 Å². The number of nitrogens with one attached hydrogen (secondary N) is 1. The molecule has 4 aromatic rings. The van der Waals surface area contributed by atoms with E-state index in [0.717, 1.165) is 22.6 Å². The van der Waals surface area contributed by atoms with Crippen LogP contribution in [0, 0.1) is 0 Å². The van der Waals surface area contributed by atoms with Gasteiger partial charge in [-0.05, 0) is 55.0 Å². The van der Waals surface area contributed by atoms with Gasteiger partial charge in [-0.2, -0.15) is 0 Å². The maximum atomic E-state index is 12.7. The van der Waals surface area contributed by atoms with Gasteiger partial charge >= 0.3 is 0 Å². The van der Waals surface area contributed by atoms with E-state index < -0.39 is 12.1 Å². The number of benzene rings is 2. The lowest BCUT2D eigenvalue weighted by Gasteiger charge is -2.14. The first kappa shape index (κ1) is 20.3. The van der Waals surface area contributed by atoms with Gasteiger partial charge in [0.1, 0.15) is 17.8 Å². The number of nitrogens with zero attached hydrogens (tertiary/aromatic N) is 4. The lowest BCUT2D eigenvalue weighted by atomic mass is 10.1. The van der Waals surface area contributed by atoms with Crippen molar-refractivity contribution in [3.8, 4) is 22.8 Å². The number of aromatic nitrogens is 4. The van der Waals surface area contributed by atoms with Crippen LogP contribution >= 0.6 is 11.6 Å². The monoisotopic (exact) mass is 449 g/mol. The van der Waals surface area contributed by atoms with Crippen molar-refractivity contribution in [2.45, 2.75) is 25.5 Å². The Bertz CT molecular complexity index is 1300. The highest BCUT2D eigenvalue weighted by molar-refractivity contribution is 6.30. The molecular weight excluding hydrogens is 430 g/mol. The van der Waals surface area contributed by atoms with Crippen LogP contribution in [0.3, 0.4) is 0 Å². The Hall–Kier alpha value is -3.65. The van der Waals surface area contributed by atoms with E-state index >= 15 is 0 Å². The molecule has 2 atom stereocenters. The zero-order valence-electron chi connectivity index (χ0n) is 17.4. The lowest BCUT2D eigenvalue weighted by molar-refractivity contribution is -0.127. The van der Waals surface area contributed by atoms with Crippen LogP contribution in [-0.2, 0) is 11.2 Å². The predicted molar refractivity (Wildman–Crippen MR) is 119 cm³/mol. The number of hydrogen-bond donors (Lipinski definition) is 1. The van der Waals surface area contributed by atoms with Crippen LogP contribution in [-0.4, -0.2) is 38.7 Å². The molecule has 1 N–H and O–H groups in total. The molecule has 9 heteroatoms. The van der Waals surface area contributed by atoms with Gasteiger partial charge in [-0.3, -0.25) is 4.79 Å². The van der Waals surface area contributed by atoms with E-state index in [1.165, 1.54) is 0 Å². The molecular formula is C23H20ClN5O3. The van der Waals surface area contributed by atoms with Gasteiger partial charge in [0.2, 0.25) is 0 Å². The van der Waals surface area contributed by atoms with E-state index in [4.69, 9.17) is 21.1 Å². The maximum absolute atomic E-state index is 12.7. The molecule has 8 nitrogen and oxygen atoms in total. The average Bonchev–Trinajstić information content (AvgIpc) is 3.42. The molecule has 1 amide bonds. The van der Waals surface area contributed by atoms with Crippen LogP contribution in [0.4, 0.5) is 0 Å². The highest BCUT2D eigenvalue weighted by atomic mass is 35.5. The first-order valence-electron chi connectivity index (χ1n) is 10.1. The third-order valence-electron chi connectivity index (χ3n) is 5.37. The summed E-state index contributed by atoms with van der Waals surface area (Å²) >= 11 is 6.03. The van der Waals surface area contributed by atoms with Crippen molar-refractivity contribution < 1.29 is 14.3 Å². The number of fused-ring (bicyclic) bond motifs is 2. The minimum absolute atomic E-state index is 0.222. The topological polar surface area (TPSA) is 90.6 Å². The Morgan fingerprint density at radius 3 is 2.84 bits per heavy atom. The normalized spacial score (nSPS) is 15.8. The van der Waals surface area contributed by atoms with Crippen LogP contribution in [0.1, 0.15) is 24.4 Å². The first-order valence-corrected chi connectivity index (χ1v) is 10.5. The predicted octanol–water partition coefficient (Wildman–Crippen LogP) is 3.63. The quantitative estimate of drug-likeness (QED) is 0.500. The van der Waals surface area contributed by atoms with E-state index in [9.17, 15) is 4.79 Å². The number of carbonyl (C=O) groups excluding carboxylic acids is 1. The van der Waals surface area contributed by atoms with Crippen molar-refractivity contribution in [1.29, 1.82) is 0 Å². The summed E-state index contributed by atoms with van der Waals surface area (Å²) < 4.78 is 12.6. The molecule has 0 radical (unpaired) electrons. The Balaban J connectivity index is 1.30. The average molecular weight is 450 g/mol. The number of hydrogen-bond acceptors (Lipinski definition) is 6. The number of amides is 1. The summed E-state index contributed by atoms with van der Waals surface area (Å²) in [4.78, 5) is 21.8. The smallest absolute Gasteiger partial charge is 0.262 e. The first-order chi connectivity index (χ1) is 15.5. The Morgan fingerprint density at radius 2 is 2.06 bits per heavy atom. The van der Waals surface area contributed by atoms with Gasteiger partial charge in [0, 0.05) is 23.1 Å². The Labute approximate surface area is 189 Å². The minimum Gasteiger partial charge on any atom is -0.497 e. The van der Waals surface area contributed by atoms with Gasteiger partial charge < -0.3 is 14.8 Å². The highest BCUT2D eigenvalue weighted by Crippen LogP contribution is 2.31. The largest absolute Gasteiger partial charge is 0.497 e. The molecule has 0 saturated carbocycles. The molecule has 5 rings (SSSR count). The molecule has 1 aliphatic rings. The molecule has 3 heterocycles. The molecule has 2 aromatic carbocycles. The van der Waals surface area contributed by atoms with Gasteiger partial charge in [-0.1, -0.05) is 11.6 Å². The Morgan fingerprint density at radius 1 is 1.25 bits per heavy atom. The summed E-state index contributed by atoms with van der Waals surface area (Å²) in [5, 5.41) is 8.02. The zero-order chi connectivity index (χ0) is 22.2. The third-order valence-corrected chi connectivity index (χ3v) is 5.60. The number of methoxy groups -OCH3 is 1. The summed E-state index contributed by atoms with van der Waals surface area (Å²) in [5.74, 6) is 1.73. The fraction of sp³-hybridized carbons (Fsp3) is 0.217. The van der Waals surface area contributed by atoms with Gasteiger partial charge in [0.05, 0.1) is 18.8 Å². The molecule has 1 unspecified atom stereocenters. The second-order valence-electron chi connectivity index (χ2n) is 7.57. The van der Waals surface area contributed by atoms with E-state index in [1.54, 1.807) is 30.1 Å². The summed E-state index contributed by atoms with van der Waals surface area (Å²) in [5.41, 5.74) is 3.28. The summed E-state index contributed by atoms with van der Waals surface area (Å²) in [7, 11) is 1.63. The number of rotatable bonds is 5. The van der Waals surface area contributed by atoms with Crippen molar-refractivity contribution in [1.82, 2.24) is 24.9 Å². The molecule has 0 aliphatic carbocycles. The molecule has 0 spiro atoms. The zero-order valence-corrected chi connectivity index (χ0v) is 18.2. The SMILES string of the molecule is COc1ccc(-c2cc3nc([C@H](C)NC(=O)C4Cc5cc(Cl)ccc5O4)nn3cn2)cc1. The van der Waals surface area contributed by atoms with Gasteiger partial charge in [-0.25, -0.2) is 14.5 Å². The van der Waals surface area contributed by atoms with Gasteiger partial charge in [0.25, 0.3) is 5.91 Å².